The van der Waals surface area contributed by atoms with Crippen molar-refractivity contribution in [3.8, 4) is 0 Å². The lowest BCUT2D eigenvalue weighted by Gasteiger charge is -2.24. The third-order valence-corrected chi connectivity index (χ3v) is 4.61. The fourth-order valence-electron chi connectivity index (χ4n) is 2.42. The number of hydrogen-bond donors (Lipinski definition) is 1. The monoisotopic (exact) mass is 281 g/mol. The van der Waals surface area contributed by atoms with Crippen LogP contribution in [0.3, 0.4) is 0 Å². The first-order chi connectivity index (χ1) is 8.72. The van der Waals surface area contributed by atoms with E-state index < -0.39 is 0 Å². The molecule has 2 aromatic rings. The predicted octanol–water partition coefficient (Wildman–Crippen LogP) is 5.03. The van der Waals surface area contributed by atoms with E-state index >= 15 is 0 Å². The van der Waals surface area contributed by atoms with Crippen LogP contribution in [0.25, 0.3) is 0 Å². The van der Waals surface area contributed by atoms with Gasteiger partial charge in [0.05, 0.1) is 10.4 Å². The quantitative estimate of drug-likeness (QED) is 0.814. The molecule has 0 saturated carbocycles. The normalized spacial score (nSPS) is 18.4. The van der Waals surface area contributed by atoms with Gasteiger partial charge in [0.15, 0.2) is 0 Å². The molecule has 1 aliphatic rings. The average molecular weight is 282 g/mol. The molecule has 0 spiro atoms. The Morgan fingerprint density at radius 3 is 2.83 bits per heavy atom. The molecule has 0 amide bonds. The molecule has 1 nitrogen and oxygen atoms in total. The van der Waals surface area contributed by atoms with Gasteiger partial charge in [-0.2, -0.15) is 0 Å². The molecule has 0 aliphatic heterocycles. The second-order valence-electron chi connectivity index (χ2n) is 4.53. The van der Waals surface area contributed by atoms with Crippen molar-refractivity contribution in [2.45, 2.75) is 25.3 Å². The van der Waals surface area contributed by atoms with E-state index in [-0.39, 0.29) is 5.82 Å². The summed E-state index contributed by atoms with van der Waals surface area (Å²) in [5, 5.41) is 3.46. The van der Waals surface area contributed by atoms with Crippen molar-refractivity contribution in [3.05, 3.63) is 50.9 Å². The highest BCUT2D eigenvalue weighted by molar-refractivity contribution is 7.16. The molecule has 3 rings (SSSR count). The minimum Gasteiger partial charge on any atom is -0.378 e. The molecule has 1 unspecified atom stereocenters. The second kappa shape index (κ2) is 4.90. The highest BCUT2D eigenvalue weighted by Crippen LogP contribution is 2.39. The van der Waals surface area contributed by atoms with E-state index in [1.807, 2.05) is 0 Å². The number of hydrogen-bond acceptors (Lipinski definition) is 2. The molecule has 0 bridgehead atoms. The van der Waals surface area contributed by atoms with Gasteiger partial charge in [-0.05, 0) is 55.2 Å². The third kappa shape index (κ3) is 2.38. The molecule has 94 valence electrons. The lowest BCUT2D eigenvalue weighted by Crippen LogP contribution is -2.15. The smallest absolute Gasteiger partial charge is 0.123 e. The molecule has 18 heavy (non-hydrogen) atoms. The number of thiophene rings is 1. The fourth-order valence-corrected chi connectivity index (χ4v) is 3.80. The van der Waals surface area contributed by atoms with Crippen molar-refractivity contribution in [1.29, 1.82) is 0 Å². The summed E-state index contributed by atoms with van der Waals surface area (Å²) < 4.78 is 13.7. The molecule has 1 aromatic carbocycles. The summed E-state index contributed by atoms with van der Waals surface area (Å²) in [6.45, 7) is 0. The zero-order chi connectivity index (χ0) is 12.5. The number of fused-ring (bicyclic) bond motifs is 1. The van der Waals surface area contributed by atoms with Gasteiger partial charge in [-0.15, -0.1) is 11.3 Å². The maximum atomic E-state index is 12.9. The van der Waals surface area contributed by atoms with E-state index in [4.69, 9.17) is 11.6 Å². The Morgan fingerprint density at radius 2 is 2.06 bits per heavy atom. The van der Waals surface area contributed by atoms with Crippen molar-refractivity contribution >= 4 is 28.6 Å². The minimum absolute atomic E-state index is 0.205. The first-order valence-corrected chi connectivity index (χ1v) is 7.22. The van der Waals surface area contributed by atoms with Crippen LogP contribution in [0.1, 0.15) is 29.3 Å². The van der Waals surface area contributed by atoms with Gasteiger partial charge in [-0.3, -0.25) is 0 Å². The highest BCUT2D eigenvalue weighted by atomic mass is 35.5. The van der Waals surface area contributed by atoms with Crippen molar-refractivity contribution in [2.24, 2.45) is 0 Å². The zero-order valence-corrected chi connectivity index (χ0v) is 11.3. The molecule has 1 atom stereocenters. The van der Waals surface area contributed by atoms with E-state index in [0.717, 1.165) is 22.9 Å². The van der Waals surface area contributed by atoms with Crippen molar-refractivity contribution in [3.63, 3.8) is 0 Å². The summed E-state index contributed by atoms with van der Waals surface area (Å²) in [7, 11) is 0. The van der Waals surface area contributed by atoms with Gasteiger partial charge >= 0.3 is 0 Å². The maximum Gasteiger partial charge on any atom is 0.123 e. The molecule has 4 heteroatoms. The Morgan fingerprint density at radius 1 is 1.28 bits per heavy atom. The summed E-state index contributed by atoms with van der Waals surface area (Å²) in [6, 6.07) is 8.86. The lowest BCUT2D eigenvalue weighted by molar-refractivity contribution is 0.607. The van der Waals surface area contributed by atoms with Crippen LogP contribution >= 0.6 is 22.9 Å². The van der Waals surface area contributed by atoms with Gasteiger partial charge < -0.3 is 5.32 Å². The van der Waals surface area contributed by atoms with E-state index in [9.17, 15) is 4.39 Å². The van der Waals surface area contributed by atoms with E-state index in [1.165, 1.54) is 29.0 Å². The van der Waals surface area contributed by atoms with Crippen LogP contribution < -0.4 is 5.32 Å². The Balaban J connectivity index is 1.83. The molecule has 0 fully saturated rings. The van der Waals surface area contributed by atoms with Crippen LogP contribution in [0, 0.1) is 5.82 Å². The summed E-state index contributed by atoms with van der Waals surface area (Å²) >= 11 is 7.75. The fraction of sp³-hybridized carbons (Fsp3) is 0.286. The summed E-state index contributed by atoms with van der Waals surface area (Å²) in [5.74, 6) is -0.205. The first-order valence-electron chi connectivity index (χ1n) is 6.02. The third-order valence-electron chi connectivity index (χ3n) is 3.27. The van der Waals surface area contributed by atoms with Crippen molar-refractivity contribution in [2.75, 3.05) is 5.32 Å². The Hall–Kier alpha value is -1.06. The van der Waals surface area contributed by atoms with Gasteiger partial charge in [0.2, 0.25) is 0 Å². The van der Waals surface area contributed by atoms with Gasteiger partial charge in [-0.25, -0.2) is 4.39 Å². The summed E-state index contributed by atoms with van der Waals surface area (Å²) in [4.78, 5) is 1.38. The molecule has 1 N–H and O–H groups in total. The zero-order valence-electron chi connectivity index (χ0n) is 9.75. The average Bonchev–Trinajstić information content (AvgIpc) is 2.73. The van der Waals surface area contributed by atoms with E-state index in [0.29, 0.717) is 6.04 Å². The number of anilines is 1. The molecule has 0 radical (unpaired) electrons. The number of benzene rings is 1. The van der Waals surface area contributed by atoms with Crippen LogP contribution in [0.5, 0.6) is 0 Å². The SMILES string of the molecule is Fc1ccc(NC2CCCc3sc(Cl)cc32)cc1. The number of halogens is 2. The molecular formula is C14H13ClFNS. The lowest BCUT2D eigenvalue weighted by atomic mass is 9.94. The van der Waals surface area contributed by atoms with Gasteiger partial charge in [-0.1, -0.05) is 11.6 Å². The van der Waals surface area contributed by atoms with Crippen LogP contribution in [-0.2, 0) is 6.42 Å². The highest BCUT2D eigenvalue weighted by Gasteiger charge is 2.22. The molecule has 1 aliphatic carbocycles. The van der Waals surface area contributed by atoms with Crippen LogP contribution in [0.15, 0.2) is 30.3 Å². The van der Waals surface area contributed by atoms with Gasteiger partial charge in [0, 0.05) is 10.6 Å². The number of nitrogens with one attached hydrogen (secondary N) is 1. The molecule has 0 saturated heterocycles. The Labute approximate surface area is 115 Å². The van der Waals surface area contributed by atoms with Gasteiger partial charge in [0.1, 0.15) is 5.82 Å². The number of aryl methyl sites for hydroxylation is 1. The molecular weight excluding hydrogens is 269 g/mol. The Kier molecular flexibility index (Phi) is 3.27. The maximum absolute atomic E-state index is 12.9. The molecule has 1 heterocycles. The van der Waals surface area contributed by atoms with Crippen LogP contribution in [-0.4, -0.2) is 0 Å². The standard InChI is InChI=1S/C14H13ClFNS/c15-14-8-11-12(2-1-3-13(11)18-14)17-10-6-4-9(16)5-7-10/h4-8,12,17H,1-3H2. The van der Waals surface area contributed by atoms with Crippen molar-refractivity contribution < 1.29 is 4.39 Å². The second-order valence-corrected chi connectivity index (χ2v) is 6.29. The van der Waals surface area contributed by atoms with E-state index in [2.05, 4.69) is 11.4 Å². The first kappa shape index (κ1) is 12.0. The summed E-state index contributed by atoms with van der Waals surface area (Å²) in [5.41, 5.74) is 2.26. The minimum atomic E-state index is -0.205. The van der Waals surface area contributed by atoms with Crippen LogP contribution in [0.4, 0.5) is 10.1 Å². The molecule has 1 aromatic heterocycles. The summed E-state index contributed by atoms with van der Waals surface area (Å²) in [6.07, 6.45) is 3.38. The predicted molar refractivity (Wildman–Crippen MR) is 75.0 cm³/mol. The number of rotatable bonds is 2. The van der Waals surface area contributed by atoms with Gasteiger partial charge in [0.25, 0.3) is 0 Å². The Bertz CT molecular complexity index is 549. The largest absolute Gasteiger partial charge is 0.378 e. The van der Waals surface area contributed by atoms with Crippen molar-refractivity contribution in [1.82, 2.24) is 0 Å². The topological polar surface area (TPSA) is 12.0 Å². The van der Waals surface area contributed by atoms with Crippen LogP contribution in [0.2, 0.25) is 4.34 Å². The van der Waals surface area contributed by atoms with E-state index in [1.54, 1.807) is 23.5 Å².